The SMILES string of the molecule is CCOc1ccccc1OCC(=O)NNC(=O)CNC(=O)c1ccccc1Cl. The molecule has 0 aliphatic heterocycles. The van der Waals surface area contributed by atoms with Crippen molar-refractivity contribution < 1.29 is 23.9 Å². The quantitative estimate of drug-likeness (QED) is 0.579. The molecule has 0 fully saturated rings. The maximum absolute atomic E-state index is 12.0. The van der Waals surface area contributed by atoms with Crippen LogP contribution in [0.25, 0.3) is 0 Å². The average molecular weight is 406 g/mol. The normalized spacial score (nSPS) is 9.93. The molecule has 9 heteroatoms. The number of nitrogens with one attached hydrogen (secondary N) is 3. The molecule has 0 unspecified atom stereocenters. The topological polar surface area (TPSA) is 106 Å². The van der Waals surface area contributed by atoms with E-state index in [9.17, 15) is 14.4 Å². The van der Waals surface area contributed by atoms with E-state index >= 15 is 0 Å². The van der Waals surface area contributed by atoms with Crippen molar-refractivity contribution in [2.75, 3.05) is 19.8 Å². The molecule has 2 rings (SSSR count). The molecule has 0 aliphatic rings. The minimum absolute atomic E-state index is 0.252. The molecule has 0 spiro atoms. The van der Waals surface area contributed by atoms with Gasteiger partial charge in [-0.05, 0) is 31.2 Å². The Balaban J connectivity index is 1.72. The maximum atomic E-state index is 12.0. The summed E-state index contributed by atoms with van der Waals surface area (Å²) in [4.78, 5) is 35.5. The van der Waals surface area contributed by atoms with Crippen LogP contribution in [0.1, 0.15) is 17.3 Å². The van der Waals surface area contributed by atoms with Crippen molar-refractivity contribution in [2.24, 2.45) is 0 Å². The fourth-order valence-electron chi connectivity index (χ4n) is 2.11. The largest absolute Gasteiger partial charge is 0.490 e. The Kier molecular flexibility index (Phi) is 8.11. The summed E-state index contributed by atoms with van der Waals surface area (Å²) < 4.78 is 10.8. The zero-order valence-electron chi connectivity index (χ0n) is 15.2. The molecule has 0 saturated heterocycles. The molecule has 2 aromatic carbocycles. The molecule has 3 amide bonds. The number of hydrazine groups is 1. The van der Waals surface area contributed by atoms with Gasteiger partial charge in [0.2, 0.25) is 0 Å². The summed E-state index contributed by atoms with van der Waals surface area (Å²) in [6.07, 6.45) is 0. The lowest BCUT2D eigenvalue weighted by Gasteiger charge is -2.12. The third-order valence-electron chi connectivity index (χ3n) is 3.38. The van der Waals surface area contributed by atoms with Gasteiger partial charge in [0.15, 0.2) is 18.1 Å². The van der Waals surface area contributed by atoms with Crippen LogP contribution >= 0.6 is 11.6 Å². The van der Waals surface area contributed by atoms with Gasteiger partial charge in [0.25, 0.3) is 17.7 Å². The molecular weight excluding hydrogens is 386 g/mol. The van der Waals surface area contributed by atoms with Crippen molar-refractivity contribution in [2.45, 2.75) is 6.92 Å². The third kappa shape index (κ3) is 6.48. The molecule has 0 heterocycles. The van der Waals surface area contributed by atoms with Crippen molar-refractivity contribution in [1.82, 2.24) is 16.2 Å². The molecule has 2 aromatic rings. The molecule has 0 atom stereocenters. The maximum Gasteiger partial charge on any atom is 0.276 e. The van der Waals surface area contributed by atoms with E-state index in [2.05, 4.69) is 16.2 Å². The first-order valence-electron chi connectivity index (χ1n) is 8.46. The Bertz CT molecular complexity index is 844. The smallest absolute Gasteiger partial charge is 0.276 e. The van der Waals surface area contributed by atoms with Gasteiger partial charge >= 0.3 is 0 Å². The van der Waals surface area contributed by atoms with Gasteiger partial charge in [-0.15, -0.1) is 0 Å². The molecule has 0 radical (unpaired) electrons. The number of benzene rings is 2. The average Bonchev–Trinajstić information content (AvgIpc) is 2.70. The lowest BCUT2D eigenvalue weighted by molar-refractivity contribution is -0.129. The van der Waals surface area contributed by atoms with E-state index in [1.165, 1.54) is 6.07 Å². The Morgan fingerprint density at radius 1 is 0.893 bits per heavy atom. The minimum atomic E-state index is -0.608. The van der Waals surface area contributed by atoms with Gasteiger partial charge in [-0.1, -0.05) is 35.9 Å². The van der Waals surface area contributed by atoms with Crippen LogP contribution < -0.4 is 25.6 Å². The van der Waals surface area contributed by atoms with Gasteiger partial charge in [-0.3, -0.25) is 25.2 Å². The highest BCUT2D eigenvalue weighted by molar-refractivity contribution is 6.33. The van der Waals surface area contributed by atoms with Crippen LogP contribution in [0.15, 0.2) is 48.5 Å². The minimum Gasteiger partial charge on any atom is -0.490 e. The highest BCUT2D eigenvalue weighted by atomic mass is 35.5. The fourth-order valence-corrected chi connectivity index (χ4v) is 2.33. The van der Waals surface area contributed by atoms with Crippen LogP contribution in [0.3, 0.4) is 0 Å². The van der Waals surface area contributed by atoms with Gasteiger partial charge in [-0.25, -0.2) is 0 Å². The first-order chi connectivity index (χ1) is 13.5. The summed E-state index contributed by atoms with van der Waals surface area (Å²) in [5.74, 6) is -0.745. The number of ether oxygens (including phenoxy) is 2. The first-order valence-corrected chi connectivity index (χ1v) is 8.84. The summed E-state index contributed by atoms with van der Waals surface area (Å²) in [6, 6.07) is 13.4. The highest BCUT2D eigenvalue weighted by Crippen LogP contribution is 2.26. The molecule has 8 nitrogen and oxygen atoms in total. The van der Waals surface area contributed by atoms with Crippen LogP contribution in [0, 0.1) is 0 Å². The standard InChI is InChI=1S/C19H20ClN3O5/c1-2-27-15-9-5-6-10-16(15)28-12-18(25)23-22-17(24)11-21-19(26)13-7-3-4-8-14(13)20/h3-10H,2,11-12H2,1H3,(H,21,26)(H,22,24)(H,23,25). The molecule has 148 valence electrons. The van der Waals surface area contributed by atoms with Crippen LogP contribution in [0.2, 0.25) is 5.02 Å². The highest BCUT2D eigenvalue weighted by Gasteiger charge is 2.12. The van der Waals surface area contributed by atoms with E-state index in [-0.39, 0.29) is 23.7 Å². The van der Waals surface area contributed by atoms with E-state index in [4.69, 9.17) is 21.1 Å². The summed E-state index contributed by atoms with van der Waals surface area (Å²) in [5, 5.41) is 2.68. The number of hydrogen-bond acceptors (Lipinski definition) is 5. The Hall–Kier alpha value is -3.26. The number of para-hydroxylation sites is 2. The van der Waals surface area contributed by atoms with Crippen molar-refractivity contribution in [3.63, 3.8) is 0 Å². The molecule has 0 aliphatic carbocycles. The van der Waals surface area contributed by atoms with Gasteiger partial charge in [-0.2, -0.15) is 0 Å². The third-order valence-corrected chi connectivity index (χ3v) is 3.71. The Morgan fingerprint density at radius 3 is 2.18 bits per heavy atom. The molecule has 0 saturated carbocycles. The predicted octanol–water partition coefficient (Wildman–Crippen LogP) is 1.69. The van der Waals surface area contributed by atoms with E-state index in [0.717, 1.165) is 0 Å². The van der Waals surface area contributed by atoms with Crippen LogP contribution in [-0.2, 0) is 9.59 Å². The van der Waals surface area contributed by atoms with Crippen LogP contribution in [0.4, 0.5) is 0 Å². The van der Waals surface area contributed by atoms with E-state index in [1.807, 2.05) is 6.92 Å². The van der Waals surface area contributed by atoms with E-state index < -0.39 is 17.7 Å². The second-order valence-electron chi connectivity index (χ2n) is 5.43. The van der Waals surface area contributed by atoms with Gasteiger partial charge in [0.05, 0.1) is 23.7 Å². The lowest BCUT2D eigenvalue weighted by atomic mass is 10.2. The van der Waals surface area contributed by atoms with Crippen molar-refractivity contribution in [3.05, 3.63) is 59.1 Å². The molecule has 0 aromatic heterocycles. The number of rotatable bonds is 8. The summed E-state index contributed by atoms with van der Waals surface area (Å²) in [6.45, 7) is 1.64. The predicted molar refractivity (Wildman–Crippen MR) is 103 cm³/mol. The zero-order valence-corrected chi connectivity index (χ0v) is 15.9. The second kappa shape index (κ2) is 10.8. The van der Waals surface area contributed by atoms with E-state index in [0.29, 0.717) is 18.1 Å². The van der Waals surface area contributed by atoms with Crippen molar-refractivity contribution in [3.8, 4) is 11.5 Å². The van der Waals surface area contributed by atoms with Gasteiger partial charge in [0.1, 0.15) is 0 Å². The second-order valence-corrected chi connectivity index (χ2v) is 5.83. The summed E-state index contributed by atoms with van der Waals surface area (Å²) >= 11 is 5.91. The van der Waals surface area contributed by atoms with Gasteiger partial charge < -0.3 is 14.8 Å². The van der Waals surface area contributed by atoms with Crippen LogP contribution in [0.5, 0.6) is 11.5 Å². The first kappa shape index (κ1) is 21.0. The molecule has 28 heavy (non-hydrogen) atoms. The Morgan fingerprint density at radius 2 is 1.50 bits per heavy atom. The summed E-state index contributed by atoms with van der Waals surface area (Å²) in [5.41, 5.74) is 4.63. The van der Waals surface area contributed by atoms with E-state index in [1.54, 1.807) is 42.5 Å². The van der Waals surface area contributed by atoms with Crippen molar-refractivity contribution in [1.29, 1.82) is 0 Å². The lowest BCUT2D eigenvalue weighted by Crippen LogP contribution is -2.47. The summed E-state index contributed by atoms with van der Waals surface area (Å²) in [7, 11) is 0. The van der Waals surface area contributed by atoms with Gasteiger partial charge in [0, 0.05) is 0 Å². The number of hydrogen-bond donors (Lipinski definition) is 3. The number of halogens is 1. The number of carbonyl (C=O) groups is 3. The Labute approximate surface area is 167 Å². The monoisotopic (exact) mass is 405 g/mol. The number of amides is 3. The van der Waals surface area contributed by atoms with Crippen molar-refractivity contribution >= 4 is 29.3 Å². The zero-order chi connectivity index (χ0) is 20.4. The fraction of sp³-hybridized carbons (Fsp3) is 0.211. The van der Waals surface area contributed by atoms with Crippen LogP contribution in [-0.4, -0.2) is 37.5 Å². The molecular formula is C19H20ClN3O5. The molecule has 3 N–H and O–H groups in total. The number of carbonyl (C=O) groups excluding carboxylic acids is 3. The molecule has 0 bridgehead atoms.